The van der Waals surface area contributed by atoms with E-state index in [2.05, 4.69) is 30.5 Å². The number of hydrazone groups is 1. The first-order valence-corrected chi connectivity index (χ1v) is 5.24. The minimum Gasteiger partial charge on any atom is -0.350 e. The van der Waals surface area contributed by atoms with Crippen LogP contribution in [-0.2, 0) is 0 Å². The molecular formula is C11H19N3O. The van der Waals surface area contributed by atoms with Crippen LogP contribution in [0.15, 0.2) is 16.8 Å². The summed E-state index contributed by atoms with van der Waals surface area (Å²) in [5.74, 6) is 0. The summed E-state index contributed by atoms with van der Waals surface area (Å²) in [6.45, 7) is 6.19. The van der Waals surface area contributed by atoms with Crippen LogP contribution in [0.25, 0.3) is 0 Å². The fraction of sp³-hybridized carbons (Fsp3) is 0.636. The summed E-state index contributed by atoms with van der Waals surface area (Å²) in [7, 11) is 0. The minimum absolute atomic E-state index is 0.0271. The topological polar surface area (TPSA) is 67.5 Å². The van der Waals surface area contributed by atoms with Gasteiger partial charge < -0.3 is 5.73 Å². The fourth-order valence-electron chi connectivity index (χ4n) is 1.93. The zero-order valence-electron chi connectivity index (χ0n) is 9.63. The zero-order chi connectivity index (χ0) is 11.5. The molecule has 0 radical (unpaired) electrons. The van der Waals surface area contributed by atoms with Crippen LogP contribution in [-0.4, -0.2) is 11.7 Å². The molecule has 0 aromatic rings. The number of nitrogens with two attached hydrogens (primary N) is 1. The van der Waals surface area contributed by atoms with Crippen molar-refractivity contribution < 1.29 is 4.79 Å². The highest BCUT2D eigenvalue weighted by Crippen LogP contribution is 2.38. The molecule has 1 rings (SSSR count). The highest BCUT2D eigenvalue weighted by Gasteiger charge is 2.31. The summed E-state index contributed by atoms with van der Waals surface area (Å²) in [5, 5.41) is 4.02. The number of amides is 2. The van der Waals surface area contributed by atoms with Gasteiger partial charge in [-0.3, -0.25) is 0 Å². The fourth-order valence-corrected chi connectivity index (χ4v) is 1.93. The van der Waals surface area contributed by atoms with Crippen LogP contribution in [0, 0.1) is 5.41 Å². The van der Waals surface area contributed by atoms with Crippen molar-refractivity contribution in [1.29, 1.82) is 0 Å². The second-order valence-electron chi connectivity index (χ2n) is 4.28. The third-order valence-electron chi connectivity index (χ3n) is 3.33. The molecule has 0 fully saturated rings. The lowest BCUT2D eigenvalue weighted by molar-refractivity contribution is 0.249. The lowest BCUT2D eigenvalue weighted by Crippen LogP contribution is -2.33. The van der Waals surface area contributed by atoms with Gasteiger partial charge in [-0.2, -0.15) is 5.10 Å². The van der Waals surface area contributed by atoms with Gasteiger partial charge in [0.1, 0.15) is 0 Å². The molecule has 1 aliphatic rings. The maximum atomic E-state index is 10.6. The van der Waals surface area contributed by atoms with E-state index < -0.39 is 6.03 Å². The second-order valence-corrected chi connectivity index (χ2v) is 4.28. The number of carbonyl (C=O) groups excluding carboxylic acids is 1. The third-order valence-corrected chi connectivity index (χ3v) is 3.33. The number of nitrogens with zero attached hydrogens (tertiary/aromatic N) is 1. The molecular weight excluding hydrogens is 190 g/mol. The first kappa shape index (κ1) is 11.8. The standard InChI is InChI=1S/C11H19N3O/c1-8-6-4-5-7-11(8,3)9(2)13-14-10(12)15/h6H,4-5,7H2,1-3H3,(H3,12,14,15)/b13-9+. The zero-order valence-corrected chi connectivity index (χ0v) is 9.63. The average molecular weight is 209 g/mol. The Hall–Kier alpha value is -1.32. The Kier molecular flexibility index (Phi) is 3.50. The number of nitrogens with one attached hydrogen (secondary N) is 1. The van der Waals surface area contributed by atoms with E-state index in [-0.39, 0.29) is 5.41 Å². The van der Waals surface area contributed by atoms with Gasteiger partial charge in [0, 0.05) is 11.1 Å². The van der Waals surface area contributed by atoms with Gasteiger partial charge in [0.05, 0.1) is 0 Å². The van der Waals surface area contributed by atoms with Crippen molar-refractivity contribution in [2.24, 2.45) is 16.3 Å². The Labute approximate surface area is 90.6 Å². The number of hydrogen-bond donors (Lipinski definition) is 2. The van der Waals surface area contributed by atoms with Gasteiger partial charge in [-0.25, -0.2) is 10.2 Å². The predicted octanol–water partition coefficient (Wildman–Crippen LogP) is 2.17. The van der Waals surface area contributed by atoms with Crippen LogP contribution in [0.4, 0.5) is 4.79 Å². The molecule has 0 aliphatic heterocycles. The van der Waals surface area contributed by atoms with Crippen molar-refractivity contribution in [3.63, 3.8) is 0 Å². The van der Waals surface area contributed by atoms with Crippen LogP contribution in [0.5, 0.6) is 0 Å². The first-order valence-electron chi connectivity index (χ1n) is 5.24. The van der Waals surface area contributed by atoms with Crippen LogP contribution >= 0.6 is 0 Å². The lowest BCUT2D eigenvalue weighted by atomic mass is 9.72. The number of primary amides is 1. The summed E-state index contributed by atoms with van der Waals surface area (Å²) < 4.78 is 0. The van der Waals surface area contributed by atoms with E-state index in [0.29, 0.717) is 0 Å². The van der Waals surface area contributed by atoms with E-state index in [1.165, 1.54) is 5.57 Å². The van der Waals surface area contributed by atoms with E-state index in [4.69, 9.17) is 5.73 Å². The quantitative estimate of drug-likeness (QED) is 0.408. The summed E-state index contributed by atoms with van der Waals surface area (Å²) in [6, 6.07) is -0.615. The van der Waals surface area contributed by atoms with Crippen molar-refractivity contribution in [3.8, 4) is 0 Å². The molecule has 15 heavy (non-hydrogen) atoms. The molecule has 0 saturated heterocycles. The Morgan fingerprint density at radius 3 is 2.87 bits per heavy atom. The molecule has 1 unspecified atom stereocenters. The Bertz CT molecular complexity index is 320. The Morgan fingerprint density at radius 2 is 2.33 bits per heavy atom. The van der Waals surface area contributed by atoms with Crippen molar-refractivity contribution in [2.75, 3.05) is 0 Å². The molecule has 0 bridgehead atoms. The van der Waals surface area contributed by atoms with Gasteiger partial charge in [-0.1, -0.05) is 18.6 Å². The van der Waals surface area contributed by atoms with E-state index in [0.717, 1.165) is 25.0 Å². The van der Waals surface area contributed by atoms with E-state index in [1.54, 1.807) is 0 Å². The van der Waals surface area contributed by atoms with Crippen LogP contribution in [0.1, 0.15) is 40.0 Å². The van der Waals surface area contributed by atoms with Crippen molar-refractivity contribution in [2.45, 2.75) is 40.0 Å². The maximum Gasteiger partial charge on any atom is 0.332 e. The molecule has 0 heterocycles. The monoisotopic (exact) mass is 209 g/mol. The molecule has 0 saturated carbocycles. The predicted molar refractivity (Wildman–Crippen MR) is 61.5 cm³/mol. The van der Waals surface area contributed by atoms with Crippen molar-refractivity contribution >= 4 is 11.7 Å². The third kappa shape index (κ3) is 2.58. The molecule has 3 N–H and O–H groups in total. The molecule has 0 aromatic carbocycles. The number of allylic oxidation sites excluding steroid dienone is 2. The van der Waals surface area contributed by atoms with E-state index >= 15 is 0 Å². The van der Waals surface area contributed by atoms with Gasteiger partial charge >= 0.3 is 6.03 Å². The van der Waals surface area contributed by atoms with Crippen molar-refractivity contribution in [1.82, 2.24) is 5.43 Å². The Morgan fingerprint density at radius 1 is 1.67 bits per heavy atom. The highest BCUT2D eigenvalue weighted by atomic mass is 16.2. The van der Waals surface area contributed by atoms with Crippen LogP contribution in [0.2, 0.25) is 0 Å². The van der Waals surface area contributed by atoms with Gasteiger partial charge in [0.2, 0.25) is 0 Å². The second kappa shape index (κ2) is 4.47. The molecule has 0 spiro atoms. The van der Waals surface area contributed by atoms with Crippen LogP contribution in [0.3, 0.4) is 0 Å². The number of urea groups is 1. The average Bonchev–Trinajstić information content (AvgIpc) is 2.19. The lowest BCUT2D eigenvalue weighted by Gasteiger charge is -2.33. The van der Waals surface area contributed by atoms with Gasteiger partial charge in [-0.15, -0.1) is 0 Å². The molecule has 84 valence electrons. The van der Waals surface area contributed by atoms with Crippen molar-refractivity contribution in [3.05, 3.63) is 11.6 Å². The summed E-state index contributed by atoms with van der Waals surface area (Å²) in [6.07, 6.45) is 5.62. The SMILES string of the molecule is CC1=CCCCC1(C)/C(C)=N/NC(N)=O. The number of hydrogen-bond acceptors (Lipinski definition) is 2. The van der Waals surface area contributed by atoms with Crippen LogP contribution < -0.4 is 11.2 Å². The van der Waals surface area contributed by atoms with Gasteiger partial charge in [0.15, 0.2) is 0 Å². The number of rotatable bonds is 2. The summed E-state index contributed by atoms with van der Waals surface area (Å²) in [5.41, 5.74) is 9.47. The molecule has 0 aromatic heterocycles. The van der Waals surface area contributed by atoms with E-state index in [1.807, 2.05) is 6.92 Å². The molecule has 1 atom stereocenters. The van der Waals surface area contributed by atoms with Gasteiger partial charge in [-0.05, 0) is 33.1 Å². The molecule has 2 amide bonds. The highest BCUT2D eigenvalue weighted by molar-refractivity contribution is 5.91. The summed E-state index contributed by atoms with van der Waals surface area (Å²) in [4.78, 5) is 10.6. The Balaban J connectivity index is 2.84. The summed E-state index contributed by atoms with van der Waals surface area (Å²) >= 11 is 0. The van der Waals surface area contributed by atoms with Gasteiger partial charge in [0.25, 0.3) is 0 Å². The van der Waals surface area contributed by atoms with E-state index in [9.17, 15) is 4.79 Å². The molecule has 4 nitrogen and oxygen atoms in total. The molecule has 4 heteroatoms. The minimum atomic E-state index is -0.615. The molecule has 1 aliphatic carbocycles. The number of carbonyl (C=O) groups is 1. The normalized spacial score (nSPS) is 27.1. The first-order chi connectivity index (χ1) is 6.97. The largest absolute Gasteiger partial charge is 0.350 e. The maximum absolute atomic E-state index is 10.6. The smallest absolute Gasteiger partial charge is 0.332 e.